The van der Waals surface area contributed by atoms with Gasteiger partial charge in [-0.15, -0.1) is 0 Å². The molecule has 0 radical (unpaired) electrons. The lowest BCUT2D eigenvalue weighted by Crippen LogP contribution is -2.41. The summed E-state index contributed by atoms with van der Waals surface area (Å²) < 4.78 is 5.50. The summed E-state index contributed by atoms with van der Waals surface area (Å²) in [6, 6.07) is 15.7. The molecule has 1 atom stereocenters. The van der Waals surface area contributed by atoms with E-state index in [-0.39, 0.29) is 23.7 Å². The standard InChI is InChI=1S/C23H26N4O2/c1-16(2)20(17-8-4-3-5-9-17)23(28)27-14-11-18(12-15-27)22-25-21(26-29-22)19-10-6-7-13-24-19/h3-10,13,16,18,20H,11-12,14-15H2,1-2H3. The van der Waals surface area contributed by atoms with Crippen LogP contribution in [0.1, 0.15) is 50.0 Å². The van der Waals surface area contributed by atoms with E-state index in [0.29, 0.717) is 30.5 Å². The van der Waals surface area contributed by atoms with Gasteiger partial charge in [0.05, 0.1) is 5.92 Å². The Morgan fingerprint density at radius 2 is 1.79 bits per heavy atom. The fourth-order valence-electron chi connectivity index (χ4n) is 4.02. The number of likely N-dealkylation sites (tertiary alicyclic amines) is 1. The van der Waals surface area contributed by atoms with Gasteiger partial charge in [0.15, 0.2) is 0 Å². The molecule has 0 bridgehead atoms. The molecule has 150 valence electrons. The molecule has 2 aromatic heterocycles. The third kappa shape index (κ3) is 4.21. The molecule has 0 N–H and O–H groups in total. The number of nitrogens with zero attached hydrogens (tertiary/aromatic N) is 4. The Bertz CT molecular complexity index is 932. The lowest BCUT2D eigenvalue weighted by molar-refractivity contribution is -0.135. The first kappa shape index (κ1) is 19.3. The predicted molar refractivity (Wildman–Crippen MR) is 110 cm³/mol. The molecule has 29 heavy (non-hydrogen) atoms. The first-order valence-corrected chi connectivity index (χ1v) is 10.2. The van der Waals surface area contributed by atoms with Crippen LogP contribution in [0.4, 0.5) is 0 Å². The van der Waals surface area contributed by atoms with E-state index >= 15 is 0 Å². The number of carbonyl (C=O) groups excluding carboxylic acids is 1. The molecule has 0 saturated carbocycles. The van der Waals surface area contributed by atoms with Crippen molar-refractivity contribution in [1.82, 2.24) is 20.0 Å². The van der Waals surface area contributed by atoms with Crippen LogP contribution in [0.2, 0.25) is 0 Å². The Kier molecular flexibility index (Phi) is 5.69. The van der Waals surface area contributed by atoms with Crippen LogP contribution in [-0.2, 0) is 4.79 Å². The largest absolute Gasteiger partial charge is 0.342 e. The lowest BCUT2D eigenvalue weighted by Gasteiger charge is -2.34. The quantitative estimate of drug-likeness (QED) is 0.650. The van der Waals surface area contributed by atoms with Crippen molar-refractivity contribution in [3.63, 3.8) is 0 Å². The number of piperidine rings is 1. The fourth-order valence-corrected chi connectivity index (χ4v) is 4.02. The highest BCUT2D eigenvalue weighted by Gasteiger charge is 2.33. The van der Waals surface area contributed by atoms with Crippen LogP contribution in [0, 0.1) is 5.92 Å². The van der Waals surface area contributed by atoms with Crippen LogP contribution in [0.15, 0.2) is 59.3 Å². The molecule has 1 saturated heterocycles. The summed E-state index contributed by atoms with van der Waals surface area (Å²) in [5.74, 6) is 1.69. The van der Waals surface area contributed by atoms with Crippen molar-refractivity contribution in [1.29, 1.82) is 0 Å². The van der Waals surface area contributed by atoms with Gasteiger partial charge in [0, 0.05) is 25.2 Å². The van der Waals surface area contributed by atoms with Crippen molar-refractivity contribution < 1.29 is 9.32 Å². The van der Waals surface area contributed by atoms with E-state index < -0.39 is 0 Å². The summed E-state index contributed by atoms with van der Waals surface area (Å²) >= 11 is 0. The Hall–Kier alpha value is -3.02. The van der Waals surface area contributed by atoms with Gasteiger partial charge in [0.2, 0.25) is 17.6 Å². The first-order valence-electron chi connectivity index (χ1n) is 10.2. The summed E-state index contributed by atoms with van der Waals surface area (Å²) in [6.45, 7) is 5.64. The van der Waals surface area contributed by atoms with Crippen molar-refractivity contribution >= 4 is 5.91 Å². The maximum atomic E-state index is 13.2. The van der Waals surface area contributed by atoms with Gasteiger partial charge in [-0.2, -0.15) is 4.98 Å². The second kappa shape index (κ2) is 8.55. The molecule has 1 aliphatic heterocycles. The molecule has 1 amide bonds. The third-order valence-corrected chi connectivity index (χ3v) is 5.58. The van der Waals surface area contributed by atoms with Gasteiger partial charge in [-0.05, 0) is 36.5 Å². The minimum Gasteiger partial charge on any atom is -0.342 e. The average molecular weight is 390 g/mol. The molecular weight excluding hydrogens is 364 g/mol. The van der Waals surface area contributed by atoms with Gasteiger partial charge in [-0.25, -0.2) is 0 Å². The number of hydrogen-bond acceptors (Lipinski definition) is 5. The van der Waals surface area contributed by atoms with Crippen molar-refractivity contribution in [3.05, 3.63) is 66.2 Å². The number of pyridine rings is 1. The zero-order chi connectivity index (χ0) is 20.2. The Balaban J connectivity index is 1.41. The molecule has 1 aliphatic rings. The van der Waals surface area contributed by atoms with E-state index in [4.69, 9.17) is 4.52 Å². The molecule has 1 aromatic carbocycles. The number of hydrogen-bond donors (Lipinski definition) is 0. The molecule has 6 nitrogen and oxygen atoms in total. The number of benzene rings is 1. The minimum absolute atomic E-state index is 0.105. The van der Waals surface area contributed by atoms with Crippen molar-refractivity contribution in [2.45, 2.75) is 38.5 Å². The third-order valence-electron chi connectivity index (χ3n) is 5.58. The molecule has 3 aromatic rings. The molecule has 0 spiro atoms. The van der Waals surface area contributed by atoms with Crippen molar-refractivity contribution in [3.8, 4) is 11.5 Å². The highest BCUT2D eigenvalue weighted by molar-refractivity contribution is 5.84. The summed E-state index contributed by atoms with van der Waals surface area (Å²) in [5.41, 5.74) is 1.80. The fraction of sp³-hybridized carbons (Fsp3) is 0.391. The van der Waals surface area contributed by atoms with Crippen LogP contribution in [0.3, 0.4) is 0 Å². The summed E-state index contributed by atoms with van der Waals surface area (Å²) in [5, 5.41) is 4.08. The van der Waals surface area contributed by atoms with E-state index in [1.807, 2.05) is 53.4 Å². The minimum atomic E-state index is -0.105. The Morgan fingerprint density at radius 1 is 1.07 bits per heavy atom. The van der Waals surface area contributed by atoms with E-state index in [1.54, 1.807) is 6.20 Å². The smallest absolute Gasteiger partial charge is 0.230 e. The first-order chi connectivity index (χ1) is 14.1. The van der Waals surface area contributed by atoms with E-state index in [2.05, 4.69) is 29.0 Å². The Morgan fingerprint density at radius 3 is 2.45 bits per heavy atom. The molecule has 3 heterocycles. The number of amides is 1. The Labute approximate surface area is 171 Å². The molecule has 0 aliphatic carbocycles. The average Bonchev–Trinajstić information content (AvgIpc) is 3.25. The van der Waals surface area contributed by atoms with Crippen molar-refractivity contribution in [2.75, 3.05) is 13.1 Å². The van der Waals surface area contributed by atoms with E-state index in [9.17, 15) is 4.79 Å². The molecular formula is C23H26N4O2. The molecule has 1 fully saturated rings. The van der Waals surface area contributed by atoms with Crippen molar-refractivity contribution in [2.24, 2.45) is 5.92 Å². The van der Waals surface area contributed by atoms with E-state index in [1.165, 1.54) is 0 Å². The van der Waals surface area contributed by atoms with Gasteiger partial charge in [0.25, 0.3) is 0 Å². The normalized spacial score (nSPS) is 16.2. The number of carbonyl (C=O) groups is 1. The highest BCUT2D eigenvalue weighted by atomic mass is 16.5. The van der Waals surface area contributed by atoms with Gasteiger partial charge >= 0.3 is 0 Å². The topological polar surface area (TPSA) is 72.1 Å². The summed E-state index contributed by atoms with van der Waals surface area (Å²) in [6.07, 6.45) is 3.37. The highest BCUT2D eigenvalue weighted by Crippen LogP contribution is 2.32. The van der Waals surface area contributed by atoms with Gasteiger partial charge in [0.1, 0.15) is 5.69 Å². The summed E-state index contributed by atoms with van der Waals surface area (Å²) in [4.78, 5) is 24.0. The van der Waals surface area contributed by atoms with Crippen LogP contribution in [0.5, 0.6) is 0 Å². The SMILES string of the molecule is CC(C)C(C(=O)N1CCC(c2nc(-c3ccccn3)no2)CC1)c1ccccc1. The van der Waals surface area contributed by atoms with Crippen LogP contribution < -0.4 is 0 Å². The van der Waals surface area contributed by atoms with Gasteiger partial charge in [-0.3, -0.25) is 9.78 Å². The van der Waals surface area contributed by atoms with Crippen LogP contribution in [-0.4, -0.2) is 39.0 Å². The second-order valence-corrected chi connectivity index (χ2v) is 7.90. The van der Waals surface area contributed by atoms with Gasteiger partial charge < -0.3 is 9.42 Å². The lowest BCUT2D eigenvalue weighted by atomic mass is 9.86. The second-order valence-electron chi connectivity index (χ2n) is 7.90. The number of rotatable bonds is 5. The predicted octanol–water partition coefficient (Wildman–Crippen LogP) is 4.28. The molecule has 1 unspecified atom stereocenters. The monoisotopic (exact) mass is 390 g/mol. The molecule has 6 heteroatoms. The maximum Gasteiger partial charge on any atom is 0.230 e. The zero-order valence-electron chi connectivity index (χ0n) is 16.9. The maximum absolute atomic E-state index is 13.2. The summed E-state index contributed by atoms with van der Waals surface area (Å²) in [7, 11) is 0. The van der Waals surface area contributed by atoms with Gasteiger partial charge in [-0.1, -0.05) is 55.4 Å². The van der Waals surface area contributed by atoms with E-state index in [0.717, 1.165) is 18.4 Å². The van der Waals surface area contributed by atoms with Crippen LogP contribution in [0.25, 0.3) is 11.5 Å². The number of aromatic nitrogens is 3. The van der Waals surface area contributed by atoms with Crippen LogP contribution >= 0.6 is 0 Å². The molecule has 4 rings (SSSR count). The zero-order valence-corrected chi connectivity index (χ0v) is 16.9.